The third kappa shape index (κ3) is 2.11. The lowest BCUT2D eigenvalue weighted by molar-refractivity contribution is 0.378. The highest BCUT2D eigenvalue weighted by Gasteiger charge is 2.30. The Hall–Kier alpha value is -1.84. The van der Waals surface area contributed by atoms with Gasteiger partial charge in [-0.15, -0.1) is 0 Å². The lowest BCUT2D eigenvalue weighted by atomic mass is 10.0. The van der Waals surface area contributed by atoms with Crippen molar-refractivity contribution >= 4 is 5.95 Å². The number of fused-ring (bicyclic) bond motifs is 1. The van der Waals surface area contributed by atoms with E-state index in [1.54, 1.807) is 0 Å². The average molecular weight is 255 g/mol. The summed E-state index contributed by atoms with van der Waals surface area (Å²) in [4.78, 5) is 6.79. The molecule has 0 radical (unpaired) electrons. The van der Waals surface area contributed by atoms with Crippen LogP contribution in [0.25, 0.3) is 0 Å². The minimum absolute atomic E-state index is 0.533. The van der Waals surface area contributed by atoms with Crippen molar-refractivity contribution in [2.45, 2.75) is 31.6 Å². The molecule has 1 fully saturated rings. The van der Waals surface area contributed by atoms with Gasteiger partial charge in [0.1, 0.15) is 0 Å². The van der Waals surface area contributed by atoms with Gasteiger partial charge in [0.2, 0.25) is 5.89 Å². The Morgan fingerprint density at radius 3 is 2.37 bits per heavy atom. The third-order valence-corrected chi connectivity index (χ3v) is 4.06. The molecule has 4 rings (SSSR count). The molecule has 0 amide bonds. The molecule has 98 valence electrons. The molecule has 4 nitrogen and oxygen atoms in total. The highest BCUT2D eigenvalue weighted by molar-refractivity contribution is 5.36. The van der Waals surface area contributed by atoms with Gasteiger partial charge in [-0.25, -0.2) is 0 Å². The number of hydrogen-bond acceptors (Lipinski definition) is 4. The number of anilines is 1. The standard InChI is InChI=1S/C15H17N3O/c1-2-4-12-8-10-18(9-7-11(12)3-1)15-16-14(19-17-15)13-5-6-13/h1-4,13H,5-10H2. The van der Waals surface area contributed by atoms with Gasteiger partial charge in [0.15, 0.2) is 0 Å². The first-order valence-electron chi connectivity index (χ1n) is 7.05. The van der Waals surface area contributed by atoms with Crippen molar-refractivity contribution in [1.29, 1.82) is 0 Å². The monoisotopic (exact) mass is 255 g/mol. The second kappa shape index (κ2) is 4.37. The van der Waals surface area contributed by atoms with Gasteiger partial charge in [-0.1, -0.05) is 24.3 Å². The summed E-state index contributed by atoms with van der Waals surface area (Å²) in [5.41, 5.74) is 2.91. The van der Waals surface area contributed by atoms with E-state index in [4.69, 9.17) is 4.52 Å². The van der Waals surface area contributed by atoms with Gasteiger partial charge in [-0.3, -0.25) is 0 Å². The topological polar surface area (TPSA) is 42.2 Å². The maximum atomic E-state index is 5.36. The summed E-state index contributed by atoms with van der Waals surface area (Å²) in [6.45, 7) is 1.95. The molecule has 0 spiro atoms. The summed E-state index contributed by atoms with van der Waals surface area (Å²) in [7, 11) is 0. The molecule has 1 aliphatic carbocycles. The van der Waals surface area contributed by atoms with Gasteiger partial charge < -0.3 is 9.42 Å². The maximum Gasteiger partial charge on any atom is 0.266 e. The molecular weight excluding hydrogens is 238 g/mol. The quantitative estimate of drug-likeness (QED) is 0.827. The summed E-state index contributed by atoms with van der Waals surface area (Å²) < 4.78 is 5.36. The first-order valence-corrected chi connectivity index (χ1v) is 7.05. The van der Waals surface area contributed by atoms with Gasteiger partial charge in [-0.05, 0) is 42.0 Å². The van der Waals surface area contributed by atoms with Crippen LogP contribution in [0.1, 0.15) is 35.8 Å². The average Bonchev–Trinajstić information content (AvgIpc) is 3.22. The largest absolute Gasteiger partial charge is 0.338 e. The Bertz CT molecular complexity index is 562. The van der Waals surface area contributed by atoms with Gasteiger partial charge in [-0.2, -0.15) is 4.98 Å². The lowest BCUT2D eigenvalue weighted by Gasteiger charge is -2.16. The van der Waals surface area contributed by atoms with E-state index < -0.39 is 0 Å². The Balaban J connectivity index is 1.54. The van der Waals surface area contributed by atoms with Crippen molar-refractivity contribution in [1.82, 2.24) is 10.1 Å². The van der Waals surface area contributed by atoms with E-state index in [0.29, 0.717) is 5.92 Å². The van der Waals surface area contributed by atoms with Crippen molar-refractivity contribution in [2.24, 2.45) is 0 Å². The third-order valence-electron chi connectivity index (χ3n) is 4.06. The first kappa shape index (κ1) is 11.0. The predicted octanol–water partition coefficient (Wildman–Crippen LogP) is 2.55. The number of aromatic nitrogens is 2. The van der Waals surface area contributed by atoms with Crippen molar-refractivity contribution < 1.29 is 4.52 Å². The number of rotatable bonds is 2. The van der Waals surface area contributed by atoms with Crippen molar-refractivity contribution in [3.63, 3.8) is 0 Å². The number of benzene rings is 1. The van der Waals surface area contributed by atoms with Gasteiger partial charge in [0.05, 0.1) is 0 Å². The normalized spacial score (nSPS) is 19.1. The summed E-state index contributed by atoms with van der Waals surface area (Å²) in [6, 6.07) is 8.69. The van der Waals surface area contributed by atoms with E-state index in [2.05, 4.69) is 39.3 Å². The molecule has 2 heterocycles. The Kier molecular flexibility index (Phi) is 2.53. The Morgan fingerprint density at radius 2 is 1.74 bits per heavy atom. The number of nitrogens with zero attached hydrogens (tertiary/aromatic N) is 3. The molecule has 0 unspecified atom stereocenters. The van der Waals surface area contributed by atoms with Crippen LogP contribution in [0.5, 0.6) is 0 Å². The smallest absolute Gasteiger partial charge is 0.266 e. The molecule has 1 aliphatic heterocycles. The Labute approximate surface area is 112 Å². The molecule has 0 saturated heterocycles. The fraction of sp³-hybridized carbons (Fsp3) is 0.467. The summed E-state index contributed by atoms with van der Waals surface area (Å²) in [5.74, 6) is 2.14. The molecule has 0 bridgehead atoms. The molecule has 0 atom stereocenters. The maximum absolute atomic E-state index is 5.36. The van der Waals surface area contributed by atoms with E-state index in [1.807, 2.05) is 0 Å². The minimum atomic E-state index is 0.533. The zero-order valence-corrected chi connectivity index (χ0v) is 10.9. The zero-order chi connectivity index (χ0) is 12.7. The fourth-order valence-corrected chi connectivity index (χ4v) is 2.72. The van der Waals surface area contributed by atoms with E-state index in [1.165, 1.54) is 24.0 Å². The van der Waals surface area contributed by atoms with Crippen LogP contribution in [-0.2, 0) is 12.8 Å². The van der Waals surface area contributed by atoms with Gasteiger partial charge in [0, 0.05) is 19.0 Å². The van der Waals surface area contributed by atoms with Crippen LogP contribution < -0.4 is 4.90 Å². The Morgan fingerprint density at radius 1 is 1.05 bits per heavy atom. The first-order chi connectivity index (χ1) is 9.40. The highest BCUT2D eigenvalue weighted by Crippen LogP contribution is 2.39. The summed E-state index contributed by atoms with van der Waals surface area (Å²) in [5, 5.41) is 4.15. The predicted molar refractivity (Wildman–Crippen MR) is 72.3 cm³/mol. The van der Waals surface area contributed by atoms with Crippen LogP contribution in [0, 0.1) is 0 Å². The van der Waals surface area contributed by atoms with Crippen molar-refractivity contribution in [3.8, 4) is 0 Å². The molecule has 1 saturated carbocycles. The molecular formula is C15H17N3O. The second-order valence-electron chi connectivity index (χ2n) is 5.46. The SMILES string of the molecule is c1ccc2c(c1)CCN(c1noc(C3CC3)n1)CC2. The van der Waals surface area contributed by atoms with Crippen molar-refractivity contribution in [2.75, 3.05) is 18.0 Å². The van der Waals surface area contributed by atoms with Gasteiger partial charge >= 0.3 is 0 Å². The molecule has 1 aromatic heterocycles. The van der Waals surface area contributed by atoms with E-state index in [9.17, 15) is 0 Å². The van der Waals surface area contributed by atoms with Crippen LogP contribution in [0.2, 0.25) is 0 Å². The minimum Gasteiger partial charge on any atom is -0.338 e. The van der Waals surface area contributed by atoms with Gasteiger partial charge in [0.25, 0.3) is 5.95 Å². The van der Waals surface area contributed by atoms with E-state index in [0.717, 1.165) is 37.8 Å². The fourth-order valence-electron chi connectivity index (χ4n) is 2.72. The lowest BCUT2D eigenvalue weighted by Crippen LogP contribution is -2.27. The molecule has 0 N–H and O–H groups in total. The van der Waals surface area contributed by atoms with Crippen LogP contribution >= 0.6 is 0 Å². The van der Waals surface area contributed by atoms with Crippen LogP contribution in [0.15, 0.2) is 28.8 Å². The molecule has 19 heavy (non-hydrogen) atoms. The van der Waals surface area contributed by atoms with Crippen molar-refractivity contribution in [3.05, 3.63) is 41.3 Å². The summed E-state index contributed by atoms with van der Waals surface area (Å²) in [6.07, 6.45) is 4.52. The molecule has 1 aromatic carbocycles. The van der Waals surface area contributed by atoms with Crippen LogP contribution in [0.3, 0.4) is 0 Å². The van der Waals surface area contributed by atoms with E-state index >= 15 is 0 Å². The number of hydrogen-bond donors (Lipinski definition) is 0. The van der Waals surface area contributed by atoms with Crippen LogP contribution in [0.4, 0.5) is 5.95 Å². The molecule has 2 aliphatic rings. The molecule has 2 aromatic rings. The van der Waals surface area contributed by atoms with Crippen LogP contribution in [-0.4, -0.2) is 23.2 Å². The highest BCUT2D eigenvalue weighted by atomic mass is 16.5. The molecule has 4 heteroatoms. The summed E-state index contributed by atoms with van der Waals surface area (Å²) >= 11 is 0. The second-order valence-corrected chi connectivity index (χ2v) is 5.46. The van der Waals surface area contributed by atoms with E-state index in [-0.39, 0.29) is 0 Å². The zero-order valence-electron chi connectivity index (χ0n) is 10.9.